The van der Waals surface area contributed by atoms with Crippen molar-refractivity contribution in [3.05, 3.63) is 74.7 Å². The van der Waals surface area contributed by atoms with Crippen LogP contribution in [0.1, 0.15) is 49.5 Å². The van der Waals surface area contributed by atoms with E-state index in [0.29, 0.717) is 28.8 Å². The minimum absolute atomic E-state index is 0.0744. The molecule has 1 saturated heterocycles. The number of likely N-dealkylation sites (tertiary alicyclic amines) is 1. The molecule has 2 amide bonds. The van der Waals surface area contributed by atoms with E-state index in [-0.39, 0.29) is 17.7 Å². The SMILES string of the molecule is Cc1ccccc1C(=O)N1CCC(c2nnc(C(=O)Nc3cccc(Cl)c3)s2)CC1. The predicted molar refractivity (Wildman–Crippen MR) is 118 cm³/mol. The van der Waals surface area contributed by atoms with Crippen molar-refractivity contribution in [2.24, 2.45) is 0 Å². The summed E-state index contributed by atoms with van der Waals surface area (Å²) in [5.74, 6) is -0.0188. The van der Waals surface area contributed by atoms with Crippen LogP contribution in [0.15, 0.2) is 48.5 Å². The number of aryl methyl sites for hydroxylation is 1. The molecule has 0 radical (unpaired) electrons. The van der Waals surface area contributed by atoms with Crippen LogP contribution >= 0.6 is 22.9 Å². The number of carbonyl (C=O) groups excluding carboxylic acids is 2. The van der Waals surface area contributed by atoms with Crippen molar-refractivity contribution in [1.29, 1.82) is 0 Å². The van der Waals surface area contributed by atoms with Gasteiger partial charge in [-0.15, -0.1) is 10.2 Å². The fourth-order valence-corrected chi connectivity index (χ4v) is 4.65. The molecule has 2 heterocycles. The van der Waals surface area contributed by atoms with Gasteiger partial charge in [0.05, 0.1) is 0 Å². The number of rotatable bonds is 4. The van der Waals surface area contributed by atoms with Gasteiger partial charge in [0.25, 0.3) is 11.8 Å². The number of aromatic nitrogens is 2. The maximum absolute atomic E-state index is 12.8. The number of hydrogen-bond acceptors (Lipinski definition) is 5. The fraction of sp³-hybridized carbons (Fsp3) is 0.273. The van der Waals surface area contributed by atoms with E-state index >= 15 is 0 Å². The van der Waals surface area contributed by atoms with Gasteiger partial charge in [0.2, 0.25) is 5.01 Å². The first-order valence-corrected chi connectivity index (χ1v) is 11.0. The van der Waals surface area contributed by atoms with Crippen molar-refractivity contribution >= 4 is 40.4 Å². The van der Waals surface area contributed by atoms with Crippen molar-refractivity contribution in [3.8, 4) is 0 Å². The largest absolute Gasteiger partial charge is 0.339 e. The summed E-state index contributed by atoms with van der Waals surface area (Å²) < 4.78 is 0. The molecule has 0 saturated carbocycles. The molecule has 1 aliphatic rings. The van der Waals surface area contributed by atoms with E-state index in [9.17, 15) is 9.59 Å². The molecule has 30 heavy (non-hydrogen) atoms. The van der Waals surface area contributed by atoms with Crippen molar-refractivity contribution in [1.82, 2.24) is 15.1 Å². The molecule has 1 fully saturated rings. The highest BCUT2D eigenvalue weighted by Gasteiger charge is 2.28. The average Bonchev–Trinajstić information content (AvgIpc) is 3.24. The van der Waals surface area contributed by atoms with Gasteiger partial charge in [-0.3, -0.25) is 9.59 Å². The van der Waals surface area contributed by atoms with Crippen LogP contribution < -0.4 is 5.32 Å². The molecule has 0 aliphatic carbocycles. The summed E-state index contributed by atoms with van der Waals surface area (Å²) >= 11 is 7.27. The molecule has 0 spiro atoms. The van der Waals surface area contributed by atoms with Gasteiger partial charge in [0.1, 0.15) is 5.01 Å². The van der Waals surface area contributed by atoms with Crippen LogP contribution in [-0.2, 0) is 0 Å². The molecule has 4 rings (SSSR count). The van der Waals surface area contributed by atoms with Crippen molar-refractivity contribution < 1.29 is 9.59 Å². The maximum atomic E-state index is 12.8. The Labute approximate surface area is 183 Å². The second kappa shape index (κ2) is 8.93. The summed E-state index contributed by atoms with van der Waals surface area (Å²) in [5.41, 5.74) is 2.36. The van der Waals surface area contributed by atoms with Gasteiger partial charge in [0.15, 0.2) is 0 Å². The van der Waals surface area contributed by atoms with E-state index in [2.05, 4.69) is 15.5 Å². The van der Waals surface area contributed by atoms with Crippen molar-refractivity contribution in [3.63, 3.8) is 0 Å². The van der Waals surface area contributed by atoms with E-state index in [1.165, 1.54) is 11.3 Å². The second-order valence-electron chi connectivity index (χ2n) is 7.29. The normalized spacial score (nSPS) is 14.5. The molecular weight excluding hydrogens is 420 g/mol. The molecule has 2 aromatic carbocycles. The molecule has 6 nitrogen and oxygen atoms in total. The van der Waals surface area contributed by atoms with Gasteiger partial charge in [-0.2, -0.15) is 0 Å². The van der Waals surface area contributed by atoms with E-state index in [1.807, 2.05) is 36.1 Å². The molecule has 8 heteroatoms. The van der Waals surface area contributed by atoms with E-state index < -0.39 is 0 Å². The van der Waals surface area contributed by atoms with Gasteiger partial charge in [-0.05, 0) is 49.6 Å². The van der Waals surface area contributed by atoms with Crippen LogP contribution in [0.25, 0.3) is 0 Å². The quantitative estimate of drug-likeness (QED) is 0.633. The number of carbonyl (C=O) groups is 2. The highest BCUT2D eigenvalue weighted by Crippen LogP contribution is 2.31. The maximum Gasteiger partial charge on any atom is 0.286 e. The summed E-state index contributed by atoms with van der Waals surface area (Å²) in [7, 11) is 0. The van der Waals surface area contributed by atoms with Crippen LogP contribution in [0.2, 0.25) is 5.02 Å². The number of benzene rings is 2. The zero-order chi connectivity index (χ0) is 21.1. The van der Waals surface area contributed by atoms with E-state index in [1.54, 1.807) is 24.3 Å². The van der Waals surface area contributed by atoms with Gasteiger partial charge in [-0.1, -0.05) is 47.2 Å². The lowest BCUT2D eigenvalue weighted by atomic mass is 9.96. The molecule has 3 aromatic rings. The van der Waals surface area contributed by atoms with Crippen LogP contribution in [0, 0.1) is 6.92 Å². The van der Waals surface area contributed by atoms with Crippen molar-refractivity contribution in [2.45, 2.75) is 25.7 Å². The third-order valence-electron chi connectivity index (χ3n) is 5.22. The van der Waals surface area contributed by atoms with Gasteiger partial charge >= 0.3 is 0 Å². The lowest BCUT2D eigenvalue weighted by molar-refractivity contribution is 0.0712. The second-order valence-corrected chi connectivity index (χ2v) is 8.74. The van der Waals surface area contributed by atoms with Crippen molar-refractivity contribution in [2.75, 3.05) is 18.4 Å². The van der Waals surface area contributed by atoms with E-state index in [0.717, 1.165) is 29.0 Å². The summed E-state index contributed by atoms with van der Waals surface area (Å²) in [6.45, 7) is 3.29. The Balaban J connectivity index is 1.36. The molecule has 1 N–H and O–H groups in total. The summed E-state index contributed by atoms with van der Waals surface area (Å²) in [5, 5.41) is 12.8. The Hall–Kier alpha value is -2.77. The predicted octanol–water partition coefficient (Wildman–Crippen LogP) is 4.77. The standard InChI is InChI=1S/C22H21ClN4O2S/c1-14-5-2-3-8-18(14)22(29)27-11-9-15(10-12-27)20-25-26-21(30-20)19(28)24-17-7-4-6-16(23)13-17/h2-8,13,15H,9-12H2,1H3,(H,24,28). The number of anilines is 1. The minimum atomic E-state index is -0.298. The molecule has 1 aromatic heterocycles. The Kier molecular flexibility index (Phi) is 6.11. The number of amides is 2. The lowest BCUT2D eigenvalue weighted by Crippen LogP contribution is -2.38. The number of halogens is 1. The summed E-state index contributed by atoms with van der Waals surface area (Å²) in [4.78, 5) is 27.1. The third-order valence-corrected chi connectivity index (χ3v) is 6.54. The number of nitrogens with zero attached hydrogens (tertiary/aromatic N) is 3. The zero-order valence-electron chi connectivity index (χ0n) is 16.5. The van der Waals surface area contributed by atoms with Gasteiger partial charge in [-0.25, -0.2) is 0 Å². The zero-order valence-corrected chi connectivity index (χ0v) is 18.0. The number of nitrogens with one attached hydrogen (secondary N) is 1. The average molecular weight is 441 g/mol. The molecular formula is C22H21ClN4O2S. The van der Waals surface area contributed by atoms with Crippen LogP contribution in [0.5, 0.6) is 0 Å². The highest BCUT2D eigenvalue weighted by molar-refractivity contribution is 7.13. The van der Waals surface area contributed by atoms with Crippen LogP contribution in [0.4, 0.5) is 5.69 Å². The Morgan fingerprint density at radius 2 is 1.87 bits per heavy atom. The first kappa shape index (κ1) is 20.5. The molecule has 1 aliphatic heterocycles. The smallest absolute Gasteiger partial charge is 0.286 e. The van der Waals surface area contributed by atoms with Gasteiger partial charge in [0, 0.05) is 35.3 Å². The fourth-order valence-electron chi connectivity index (χ4n) is 3.55. The van der Waals surface area contributed by atoms with Crippen LogP contribution in [-0.4, -0.2) is 40.0 Å². The van der Waals surface area contributed by atoms with E-state index in [4.69, 9.17) is 11.6 Å². The van der Waals surface area contributed by atoms with Gasteiger partial charge < -0.3 is 10.2 Å². The Morgan fingerprint density at radius 1 is 1.10 bits per heavy atom. The third kappa shape index (κ3) is 4.52. The number of piperidine rings is 1. The Bertz CT molecular complexity index is 1080. The number of hydrogen-bond donors (Lipinski definition) is 1. The summed E-state index contributed by atoms with van der Waals surface area (Å²) in [6, 6.07) is 14.6. The minimum Gasteiger partial charge on any atom is -0.339 e. The molecule has 0 bridgehead atoms. The molecule has 154 valence electrons. The Morgan fingerprint density at radius 3 is 2.60 bits per heavy atom. The highest BCUT2D eigenvalue weighted by atomic mass is 35.5. The topological polar surface area (TPSA) is 75.2 Å². The first-order chi connectivity index (χ1) is 14.5. The van der Waals surface area contributed by atoms with Crippen LogP contribution in [0.3, 0.4) is 0 Å². The molecule has 0 unspecified atom stereocenters. The molecule has 0 atom stereocenters. The first-order valence-electron chi connectivity index (χ1n) is 9.76. The summed E-state index contributed by atoms with van der Waals surface area (Å²) in [6.07, 6.45) is 1.62. The monoisotopic (exact) mass is 440 g/mol. The lowest BCUT2D eigenvalue weighted by Gasteiger charge is -2.31.